The van der Waals surface area contributed by atoms with Crippen molar-refractivity contribution in [3.63, 3.8) is 0 Å². The summed E-state index contributed by atoms with van der Waals surface area (Å²) in [6.45, 7) is 1.27. The van der Waals surface area contributed by atoms with Gasteiger partial charge in [0.1, 0.15) is 11.6 Å². The van der Waals surface area contributed by atoms with Crippen LogP contribution in [0.15, 0.2) is 35.7 Å². The summed E-state index contributed by atoms with van der Waals surface area (Å²) in [4.78, 5) is 24.6. The number of nitrogens with one attached hydrogen (secondary N) is 1. The van der Waals surface area contributed by atoms with Gasteiger partial charge in [0, 0.05) is 5.56 Å². The van der Waals surface area contributed by atoms with Gasteiger partial charge in [0.25, 0.3) is 5.91 Å². The molecule has 4 nitrogen and oxygen atoms in total. The lowest BCUT2D eigenvalue weighted by molar-refractivity contribution is -0.148. The van der Waals surface area contributed by atoms with Crippen LogP contribution in [0.2, 0.25) is 0 Å². The second-order valence-corrected chi connectivity index (χ2v) is 5.62. The van der Waals surface area contributed by atoms with Gasteiger partial charge in [-0.3, -0.25) is 4.79 Å². The third kappa shape index (κ3) is 2.99. The lowest BCUT2D eigenvalue weighted by atomic mass is 9.91. The van der Waals surface area contributed by atoms with Gasteiger partial charge in [0.15, 0.2) is 5.54 Å². The molecule has 0 bridgehead atoms. The van der Waals surface area contributed by atoms with E-state index in [-0.39, 0.29) is 5.56 Å². The van der Waals surface area contributed by atoms with Gasteiger partial charge in [-0.15, -0.1) is 11.3 Å². The SMILES string of the molecule is COC(=O)[C@](C)(NC(=O)c1cccs1)c1cc(F)ccc1F. The van der Waals surface area contributed by atoms with Crippen molar-refractivity contribution < 1.29 is 23.1 Å². The minimum Gasteiger partial charge on any atom is -0.467 e. The molecule has 2 aromatic rings. The molecule has 1 aromatic heterocycles. The second kappa shape index (κ2) is 6.23. The van der Waals surface area contributed by atoms with Crippen LogP contribution in [0.25, 0.3) is 0 Å². The molecule has 1 amide bonds. The Bertz CT molecular complexity index is 703. The van der Waals surface area contributed by atoms with Crippen molar-refractivity contribution in [1.82, 2.24) is 5.32 Å². The van der Waals surface area contributed by atoms with Crippen molar-refractivity contribution in [2.24, 2.45) is 0 Å². The van der Waals surface area contributed by atoms with Crippen LogP contribution in [0.1, 0.15) is 22.2 Å². The molecule has 116 valence electrons. The average molecular weight is 325 g/mol. The number of halogens is 2. The number of hydrogen-bond acceptors (Lipinski definition) is 4. The summed E-state index contributed by atoms with van der Waals surface area (Å²) >= 11 is 1.16. The maximum absolute atomic E-state index is 14.0. The lowest BCUT2D eigenvalue weighted by Crippen LogP contribution is -2.50. The minimum atomic E-state index is -1.85. The van der Waals surface area contributed by atoms with Crippen LogP contribution in [-0.2, 0) is 15.1 Å². The average Bonchev–Trinajstić information content (AvgIpc) is 3.03. The zero-order chi connectivity index (χ0) is 16.3. The summed E-state index contributed by atoms with van der Waals surface area (Å²) in [7, 11) is 1.11. The topological polar surface area (TPSA) is 55.4 Å². The van der Waals surface area contributed by atoms with E-state index in [4.69, 9.17) is 0 Å². The van der Waals surface area contributed by atoms with Gasteiger partial charge in [0.2, 0.25) is 0 Å². The fraction of sp³-hybridized carbons (Fsp3) is 0.200. The van der Waals surface area contributed by atoms with Crippen LogP contribution in [0.3, 0.4) is 0 Å². The molecule has 0 saturated carbocycles. The number of thiophene rings is 1. The van der Waals surface area contributed by atoms with E-state index in [2.05, 4.69) is 10.1 Å². The van der Waals surface area contributed by atoms with Gasteiger partial charge < -0.3 is 10.1 Å². The Balaban J connectivity index is 2.46. The van der Waals surface area contributed by atoms with Crippen LogP contribution in [0.4, 0.5) is 8.78 Å². The summed E-state index contributed by atoms with van der Waals surface area (Å²) in [5.74, 6) is -3.02. The molecule has 0 saturated heterocycles. The highest BCUT2D eigenvalue weighted by Gasteiger charge is 2.41. The van der Waals surface area contributed by atoms with E-state index in [9.17, 15) is 18.4 Å². The van der Waals surface area contributed by atoms with Gasteiger partial charge in [-0.1, -0.05) is 6.07 Å². The minimum absolute atomic E-state index is 0.302. The van der Waals surface area contributed by atoms with Gasteiger partial charge in [0.05, 0.1) is 12.0 Å². The van der Waals surface area contributed by atoms with Crippen molar-refractivity contribution in [1.29, 1.82) is 0 Å². The quantitative estimate of drug-likeness (QED) is 0.880. The molecule has 1 aromatic carbocycles. The van der Waals surface area contributed by atoms with Crippen LogP contribution < -0.4 is 5.32 Å². The second-order valence-electron chi connectivity index (χ2n) is 4.67. The zero-order valence-electron chi connectivity index (χ0n) is 11.9. The lowest BCUT2D eigenvalue weighted by Gasteiger charge is -2.28. The molecule has 0 aliphatic carbocycles. The normalized spacial score (nSPS) is 13.3. The molecular formula is C15H13F2NO3S. The van der Waals surface area contributed by atoms with Crippen LogP contribution >= 0.6 is 11.3 Å². The Morgan fingerprint density at radius 2 is 2.00 bits per heavy atom. The number of rotatable bonds is 4. The largest absolute Gasteiger partial charge is 0.467 e. The van der Waals surface area contributed by atoms with Gasteiger partial charge in [-0.25, -0.2) is 13.6 Å². The number of esters is 1. The third-order valence-electron chi connectivity index (χ3n) is 3.17. The molecular weight excluding hydrogens is 312 g/mol. The van der Waals surface area contributed by atoms with Crippen molar-refractivity contribution in [3.05, 3.63) is 57.8 Å². The smallest absolute Gasteiger partial charge is 0.336 e. The van der Waals surface area contributed by atoms with Gasteiger partial charge in [-0.05, 0) is 36.6 Å². The Kier molecular flexibility index (Phi) is 4.56. The third-order valence-corrected chi connectivity index (χ3v) is 4.04. The van der Waals surface area contributed by atoms with Crippen LogP contribution in [-0.4, -0.2) is 19.0 Å². The van der Waals surface area contributed by atoms with Gasteiger partial charge >= 0.3 is 5.97 Å². The Hall–Kier alpha value is -2.28. The molecule has 2 rings (SSSR count). The van der Waals surface area contributed by atoms with Crippen molar-refractivity contribution in [3.8, 4) is 0 Å². The number of ether oxygens (including phenoxy) is 1. The molecule has 22 heavy (non-hydrogen) atoms. The van der Waals surface area contributed by atoms with Crippen molar-refractivity contribution >= 4 is 23.2 Å². The first kappa shape index (κ1) is 16.1. The summed E-state index contributed by atoms with van der Waals surface area (Å²) in [6.07, 6.45) is 0. The molecule has 0 fully saturated rings. The maximum Gasteiger partial charge on any atom is 0.336 e. The van der Waals surface area contributed by atoms with E-state index in [1.807, 2.05) is 0 Å². The van der Waals surface area contributed by atoms with Crippen molar-refractivity contribution in [2.45, 2.75) is 12.5 Å². The molecule has 1 heterocycles. The van der Waals surface area contributed by atoms with E-state index in [1.54, 1.807) is 17.5 Å². The van der Waals surface area contributed by atoms with E-state index < -0.39 is 29.0 Å². The highest BCUT2D eigenvalue weighted by Crippen LogP contribution is 2.27. The predicted molar refractivity (Wildman–Crippen MR) is 77.5 cm³/mol. The first-order valence-corrected chi connectivity index (χ1v) is 7.16. The molecule has 1 N–H and O–H groups in total. The van der Waals surface area contributed by atoms with Gasteiger partial charge in [-0.2, -0.15) is 0 Å². The fourth-order valence-electron chi connectivity index (χ4n) is 2.01. The highest BCUT2D eigenvalue weighted by atomic mass is 32.1. The highest BCUT2D eigenvalue weighted by molar-refractivity contribution is 7.12. The Morgan fingerprint density at radius 3 is 2.59 bits per heavy atom. The summed E-state index contributed by atoms with van der Waals surface area (Å²) in [5, 5.41) is 4.11. The molecule has 1 atom stereocenters. The first-order valence-electron chi connectivity index (χ1n) is 6.28. The van der Waals surface area contributed by atoms with Crippen molar-refractivity contribution in [2.75, 3.05) is 7.11 Å². The number of benzene rings is 1. The van der Waals surface area contributed by atoms with E-state index in [0.29, 0.717) is 4.88 Å². The standard InChI is InChI=1S/C15H13F2NO3S/c1-15(14(20)21-2,10-8-9(16)5-6-11(10)17)18-13(19)12-4-3-7-22-12/h3-8H,1-2H3,(H,18,19)/t15-/m1/s1. The number of carbonyl (C=O) groups excluding carboxylic acids is 2. The summed E-state index contributed by atoms with van der Waals surface area (Å²) in [5.41, 5.74) is -2.15. The first-order chi connectivity index (χ1) is 10.4. The Morgan fingerprint density at radius 1 is 1.27 bits per heavy atom. The number of hydrogen-bond donors (Lipinski definition) is 1. The number of amides is 1. The Labute approximate surface area is 129 Å². The van der Waals surface area contributed by atoms with E-state index in [1.165, 1.54) is 6.92 Å². The molecule has 0 aliphatic rings. The fourth-order valence-corrected chi connectivity index (χ4v) is 2.63. The molecule has 7 heteroatoms. The zero-order valence-corrected chi connectivity index (χ0v) is 12.7. The summed E-state index contributed by atoms with van der Waals surface area (Å²) < 4.78 is 32.1. The molecule has 0 radical (unpaired) electrons. The number of methoxy groups -OCH3 is 1. The monoisotopic (exact) mass is 325 g/mol. The number of carbonyl (C=O) groups is 2. The summed E-state index contributed by atoms with van der Waals surface area (Å²) in [6, 6.07) is 5.90. The predicted octanol–water partition coefficient (Wildman–Crippen LogP) is 2.84. The van der Waals surface area contributed by atoms with E-state index in [0.717, 1.165) is 36.6 Å². The van der Waals surface area contributed by atoms with E-state index >= 15 is 0 Å². The van der Waals surface area contributed by atoms with Crippen LogP contribution in [0.5, 0.6) is 0 Å². The maximum atomic E-state index is 14.0. The molecule has 0 unspecified atom stereocenters. The van der Waals surface area contributed by atoms with Crippen LogP contribution in [0, 0.1) is 11.6 Å². The molecule has 0 aliphatic heterocycles. The molecule has 0 spiro atoms.